The third-order valence-electron chi connectivity index (χ3n) is 17.5. The molecule has 0 atom stereocenters. The maximum absolute atomic E-state index is 2.52. The van der Waals surface area contributed by atoms with Gasteiger partial charge in [-0.3, -0.25) is 0 Å². The Bertz CT molecular complexity index is 4090. The van der Waals surface area contributed by atoms with Gasteiger partial charge in [-0.2, -0.15) is 0 Å². The Kier molecular flexibility index (Phi) is 9.04. The monoisotopic (exact) mass is 943 g/mol. The van der Waals surface area contributed by atoms with Crippen LogP contribution >= 0.6 is 0 Å². The average Bonchev–Trinajstić information content (AvgIpc) is 4.16. The summed E-state index contributed by atoms with van der Waals surface area (Å²) in [6.07, 6.45) is 0. The average molecular weight is 944 g/mol. The van der Waals surface area contributed by atoms with E-state index in [0.29, 0.717) is 0 Å². The molecule has 0 saturated carbocycles. The Morgan fingerprint density at radius 2 is 0.622 bits per heavy atom. The van der Waals surface area contributed by atoms with E-state index >= 15 is 0 Å². The number of benzene rings is 11. The molecule has 1 spiro atoms. The first-order valence-corrected chi connectivity index (χ1v) is 26.2. The molecule has 74 heavy (non-hydrogen) atoms. The minimum absolute atomic E-state index is 0.143. The van der Waals surface area contributed by atoms with Crippen molar-refractivity contribution in [2.45, 2.75) is 43.9 Å². The molecule has 0 aliphatic heterocycles. The Morgan fingerprint density at radius 1 is 0.230 bits per heavy atom. The van der Waals surface area contributed by atoms with Gasteiger partial charge >= 0.3 is 0 Å². The van der Waals surface area contributed by atoms with Crippen LogP contribution in [0.4, 0.5) is 17.1 Å². The Morgan fingerprint density at radius 3 is 1.23 bits per heavy atom. The fraction of sp³-hybridized carbons (Fsp3) is 0.0959. The minimum Gasteiger partial charge on any atom is -0.310 e. The lowest BCUT2D eigenvalue weighted by atomic mass is 9.70. The lowest BCUT2D eigenvalue weighted by Crippen LogP contribution is -2.25. The van der Waals surface area contributed by atoms with E-state index in [0.717, 1.165) is 17.1 Å². The van der Waals surface area contributed by atoms with Crippen LogP contribution in [0.3, 0.4) is 0 Å². The first kappa shape index (κ1) is 42.9. The molecule has 350 valence electrons. The molecule has 0 unspecified atom stereocenters. The highest BCUT2D eigenvalue weighted by atomic mass is 15.1. The van der Waals surface area contributed by atoms with Gasteiger partial charge in [0.2, 0.25) is 0 Å². The predicted octanol–water partition coefficient (Wildman–Crippen LogP) is 19.1. The topological polar surface area (TPSA) is 3.24 Å². The van der Waals surface area contributed by atoms with Crippen molar-refractivity contribution in [1.82, 2.24) is 0 Å². The van der Waals surface area contributed by atoms with Crippen molar-refractivity contribution in [3.63, 3.8) is 0 Å². The fourth-order valence-corrected chi connectivity index (χ4v) is 14.1. The van der Waals surface area contributed by atoms with Crippen molar-refractivity contribution in [1.29, 1.82) is 0 Å². The van der Waals surface area contributed by atoms with E-state index in [2.05, 4.69) is 281 Å². The molecule has 0 saturated heterocycles. The van der Waals surface area contributed by atoms with Gasteiger partial charge in [-0.05, 0) is 165 Å². The zero-order valence-corrected chi connectivity index (χ0v) is 42.1. The maximum atomic E-state index is 2.52. The smallest absolute Gasteiger partial charge is 0.0725 e. The van der Waals surface area contributed by atoms with Crippen LogP contribution in [0.1, 0.15) is 72.2 Å². The summed E-state index contributed by atoms with van der Waals surface area (Å²) in [6.45, 7) is 9.54. The van der Waals surface area contributed by atoms with Gasteiger partial charge in [0.25, 0.3) is 0 Å². The Balaban J connectivity index is 1.02. The van der Waals surface area contributed by atoms with E-state index in [1.807, 2.05) is 0 Å². The molecule has 11 aromatic carbocycles. The lowest BCUT2D eigenvalue weighted by molar-refractivity contribution is 0.660. The second-order valence-electron chi connectivity index (χ2n) is 21.9. The van der Waals surface area contributed by atoms with Crippen LogP contribution in [-0.4, -0.2) is 0 Å². The van der Waals surface area contributed by atoms with Crippen LogP contribution in [0.5, 0.6) is 0 Å². The van der Waals surface area contributed by atoms with Crippen molar-refractivity contribution >= 4 is 17.1 Å². The van der Waals surface area contributed by atoms with Gasteiger partial charge in [0.1, 0.15) is 0 Å². The quantitative estimate of drug-likeness (QED) is 0.161. The van der Waals surface area contributed by atoms with E-state index in [-0.39, 0.29) is 10.8 Å². The summed E-state index contributed by atoms with van der Waals surface area (Å²) in [5, 5.41) is 0. The first-order chi connectivity index (χ1) is 36.2. The molecular weight excluding hydrogens is 891 g/mol. The van der Waals surface area contributed by atoms with Crippen LogP contribution < -0.4 is 4.90 Å². The van der Waals surface area contributed by atoms with Gasteiger partial charge in [-0.15, -0.1) is 0 Å². The molecule has 0 amide bonds. The molecule has 0 fully saturated rings. The molecule has 4 aliphatic carbocycles. The SMILES string of the molecule is CC1(C)c2ccccc2-c2ccc(N(c3ccc(-c4ccccc4)cc3)c3cc(-c4cccc5c4-c4ccccc4C5(C)C)cc(-c4cccc5c4-c4ccccc4C54c5ccccc5-c5ccccc54)c3)cc21. The largest absolute Gasteiger partial charge is 0.310 e. The summed E-state index contributed by atoms with van der Waals surface area (Å²) in [6, 6.07) is 94.2. The van der Waals surface area contributed by atoms with Crippen molar-refractivity contribution in [2.75, 3.05) is 4.90 Å². The van der Waals surface area contributed by atoms with Crippen molar-refractivity contribution in [2.24, 2.45) is 0 Å². The van der Waals surface area contributed by atoms with Crippen molar-refractivity contribution in [3.05, 3.63) is 293 Å². The van der Waals surface area contributed by atoms with Gasteiger partial charge in [-0.1, -0.05) is 234 Å². The normalized spacial score (nSPS) is 14.8. The van der Waals surface area contributed by atoms with E-state index in [1.54, 1.807) is 0 Å². The zero-order chi connectivity index (χ0) is 49.5. The lowest BCUT2D eigenvalue weighted by Gasteiger charge is -2.30. The predicted molar refractivity (Wildman–Crippen MR) is 309 cm³/mol. The fourth-order valence-electron chi connectivity index (χ4n) is 14.1. The number of nitrogens with zero attached hydrogens (tertiary/aromatic N) is 1. The number of anilines is 3. The number of fused-ring (bicyclic) bond motifs is 16. The van der Waals surface area contributed by atoms with Gasteiger partial charge in [-0.25, -0.2) is 0 Å². The van der Waals surface area contributed by atoms with Crippen LogP contribution in [0.15, 0.2) is 249 Å². The highest BCUT2D eigenvalue weighted by Crippen LogP contribution is 2.64. The van der Waals surface area contributed by atoms with Crippen LogP contribution in [0, 0.1) is 0 Å². The van der Waals surface area contributed by atoms with E-state index in [9.17, 15) is 0 Å². The van der Waals surface area contributed by atoms with E-state index in [1.165, 1.54) is 122 Å². The summed E-state index contributed by atoms with van der Waals surface area (Å²) in [5.74, 6) is 0. The molecular formula is C73H53N. The molecule has 11 aromatic rings. The third kappa shape index (κ3) is 5.81. The van der Waals surface area contributed by atoms with Crippen molar-refractivity contribution < 1.29 is 0 Å². The van der Waals surface area contributed by atoms with Crippen molar-refractivity contribution in [3.8, 4) is 77.9 Å². The van der Waals surface area contributed by atoms with E-state index in [4.69, 9.17) is 0 Å². The van der Waals surface area contributed by atoms with Gasteiger partial charge in [0.15, 0.2) is 0 Å². The highest BCUT2D eigenvalue weighted by Gasteiger charge is 2.52. The molecule has 0 radical (unpaired) electrons. The number of hydrogen-bond acceptors (Lipinski definition) is 1. The van der Waals surface area contributed by atoms with Gasteiger partial charge < -0.3 is 4.90 Å². The summed E-state index contributed by atoms with van der Waals surface area (Å²) < 4.78 is 0. The second-order valence-corrected chi connectivity index (χ2v) is 21.9. The van der Waals surface area contributed by atoms with E-state index < -0.39 is 5.41 Å². The minimum atomic E-state index is -0.452. The zero-order valence-electron chi connectivity index (χ0n) is 42.1. The molecule has 15 rings (SSSR count). The summed E-state index contributed by atoms with van der Waals surface area (Å²) in [5.41, 5.74) is 31.2. The maximum Gasteiger partial charge on any atom is 0.0725 e. The summed E-state index contributed by atoms with van der Waals surface area (Å²) >= 11 is 0. The second kappa shape index (κ2) is 15.6. The molecule has 0 heterocycles. The number of rotatable bonds is 6. The molecule has 1 nitrogen and oxygen atoms in total. The van der Waals surface area contributed by atoms with Crippen LogP contribution in [0.25, 0.3) is 77.9 Å². The molecule has 0 N–H and O–H groups in total. The molecule has 4 aliphatic rings. The standard InChI is InChI=1S/C73H53N/c1-71(2)62-30-14-11-25-59(62)69-53(27-18-34-66(69)71)48-42-49(54-28-19-35-67-70(54)60-26-12-17-33-65(60)73(67)63-31-15-9-23-56(63)57-24-10-16-32-64(57)73)44-52(43-48)74(50-38-36-47(37-39-50)46-20-6-5-7-21-46)51-40-41-58-55-22-8-13-29-61(55)72(3,4)68(58)45-51/h5-45H,1-4H3. The Hall–Kier alpha value is -8.78. The summed E-state index contributed by atoms with van der Waals surface area (Å²) in [7, 11) is 0. The first-order valence-electron chi connectivity index (χ1n) is 26.2. The Labute approximate surface area is 434 Å². The molecule has 0 aromatic heterocycles. The van der Waals surface area contributed by atoms with Crippen LogP contribution in [-0.2, 0) is 16.2 Å². The highest BCUT2D eigenvalue weighted by molar-refractivity contribution is 6.02. The molecule has 0 bridgehead atoms. The third-order valence-corrected chi connectivity index (χ3v) is 17.5. The number of hydrogen-bond donors (Lipinski definition) is 0. The van der Waals surface area contributed by atoms with Gasteiger partial charge in [0, 0.05) is 27.9 Å². The summed E-state index contributed by atoms with van der Waals surface area (Å²) in [4.78, 5) is 2.52. The molecule has 1 heteroatoms. The van der Waals surface area contributed by atoms with Crippen LogP contribution in [0.2, 0.25) is 0 Å². The van der Waals surface area contributed by atoms with Gasteiger partial charge in [0.05, 0.1) is 5.41 Å².